The molecule has 1 aromatic carbocycles. The van der Waals surface area contributed by atoms with Gasteiger partial charge in [0.25, 0.3) is 0 Å². The van der Waals surface area contributed by atoms with Crippen LogP contribution in [0.3, 0.4) is 0 Å². The zero-order chi connectivity index (χ0) is 15.1. The van der Waals surface area contributed by atoms with Crippen molar-refractivity contribution in [3.63, 3.8) is 0 Å². The Hall–Kier alpha value is -2.30. The van der Waals surface area contributed by atoms with Crippen LogP contribution in [0.5, 0.6) is 5.75 Å². The van der Waals surface area contributed by atoms with Crippen LogP contribution in [0.15, 0.2) is 30.6 Å². The van der Waals surface area contributed by atoms with E-state index in [9.17, 15) is 0 Å². The molecular weight excluding hydrogens is 264 g/mol. The maximum atomic E-state index is 5.58. The minimum absolute atomic E-state index is 0.740. The van der Waals surface area contributed by atoms with Crippen LogP contribution in [0.2, 0.25) is 0 Å². The summed E-state index contributed by atoms with van der Waals surface area (Å²) in [7, 11) is 1.87. The van der Waals surface area contributed by atoms with Gasteiger partial charge in [-0.1, -0.05) is 13.8 Å². The number of anilines is 3. The van der Waals surface area contributed by atoms with Crippen molar-refractivity contribution in [1.29, 1.82) is 0 Å². The van der Waals surface area contributed by atoms with E-state index in [1.165, 1.54) is 0 Å². The van der Waals surface area contributed by atoms with Gasteiger partial charge in [0, 0.05) is 18.3 Å². The molecular formula is C16H22N4O. The molecule has 112 valence electrons. The maximum absolute atomic E-state index is 5.58. The minimum Gasteiger partial charge on any atom is -0.494 e. The number of hydrogen-bond donors (Lipinski definition) is 2. The largest absolute Gasteiger partial charge is 0.494 e. The summed E-state index contributed by atoms with van der Waals surface area (Å²) < 4.78 is 5.58. The van der Waals surface area contributed by atoms with E-state index in [1.54, 1.807) is 6.33 Å². The highest BCUT2D eigenvalue weighted by Crippen LogP contribution is 2.24. The summed E-state index contributed by atoms with van der Waals surface area (Å²) >= 11 is 0. The number of rotatable bonds is 7. The van der Waals surface area contributed by atoms with Crippen LogP contribution in [-0.2, 0) is 6.42 Å². The fraction of sp³-hybridized carbons (Fsp3) is 0.375. The highest BCUT2D eigenvalue weighted by atomic mass is 16.5. The third-order valence-corrected chi connectivity index (χ3v) is 3.13. The highest BCUT2D eigenvalue weighted by Gasteiger charge is 2.08. The number of nitrogens with one attached hydrogen (secondary N) is 2. The molecule has 1 heterocycles. The van der Waals surface area contributed by atoms with E-state index in [2.05, 4.69) is 34.4 Å². The standard InChI is InChI=1S/C16H22N4O/c1-4-10-21-13-8-6-12(7-9-13)20-16-14(5-2)15(17-3)18-11-19-16/h6-9,11H,4-5,10H2,1-3H3,(H2,17,18,19,20). The highest BCUT2D eigenvalue weighted by molar-refractivity contribution is 5.65. The molecule has 5 nitrogen and oxygen atoms in total. The summed E-state index contributed by atoms with van der Waals surface area (Å²) in [6.07, 6.45) is 3.43. The molecule has 21 heavy (non-hydrogen) atoms. The van der Waals surface area contributed by atoms with Gasteiger partial charge < -0.3 is 15.4 Å². The molecule has 2 aromatic rings. The van der Waals surface area contributed by atoms with E-state index in [0.29, 0.717) is 0 Å². The van der Waals surface area contributed by atoms with Crippen molar-refractivity contribution >= 4 is 17.3 Å². The van der Waals surface area contributed by atoms with Gasteiger partial charge in [0.05, 0.1) is 6.61 Å². The molecule has 0 amide bonds. The molecule has 0 aliphatic rings. The van der Waals surface area contributed by atoms with Crippen LogP contribution in [0, 0.1) is 0 Å². The van der Waals surface area contributed by atoms with Gasteiger partial charge in [-0.2, -0.15) is 0 Å². The Morgan fingerprint density at radius 2 is 1.76 bits per heavy atom. The number of hydrogen-bond acceptors (Lipinski definition) is 5. The zero-order valence-electron chi connectivity index (χ0n) is 12.8. The van der Waals surface area contributed by atoms with E-state index >= 15 is 0 Å². The second-order valence-corrected chi connectivity index (χ2v) is 4.65. The SMILES string of the molecule is CCCOc1ccc(Nc2ncnc(NC)c2CC)cc1. The molecule has 0 spiro atoms. The lowest BCUT2D eigenvalue weighted by Gasteiger charge is -2.13. The lowest BCUT2D eigenvalue weighted by Crippen LogP contribution is -2.04. The third-order valence-electron chi connectivity index (χ3n) is 3.13. The van der Waals surface area contributed by atoms with Crippen LogP contribution in [0.25, 0.3) is 0 Å². The molecule has 0 unspecified atom stereocenters. The predicted octanol–water partition coefficient (Wildman–Crippen LogP) is 3.61. The summed E-state index contributed by atoms with van der Waals surface area (Å²) in [6.45, 7) is 4.92. The normalized spacial score (nSPS) is 10.2. The first-order chi connectivity index (χ1) is 10.3. The monoisotopic (exact) mass is 286 g/mol. The van der Waals surface area contributed by atoms with Gasteiger partial charge in [0.1, 0.15) is 23.7 Å². The van der Waals surface area contributed by atoms with Crippen molar-refractivity contribution in [1.82, 2.24) is 9.97 Å². The van der Waals surface area contributed by atoms with Gasteiger partial charge in [-0.3, -0.25) is 0 Å². The Labute approximate surface area is 125 Å². The molecule has 0 saturated heterocycles. The smallest absolute Gasteiger partial charge is 0.139 e. The Bertz CT molecular complexity index is 569. The summed E-state index contributed by atoms with van der Waals surface area (Å²) in [5.41, 5.74) is 2.06. The summed E-state index contributed by atoms with van der Waals surface area (Å²) in [5.74, 6) is 2.58. The summed E-state index contributed by atoms with van der Waals surface area (Å²) in [4.78, 5) is 8.57. The first-order valence-electron chi connectivity index (χ1n) is 7.30. The van der Waals surface area contributed by atoms with Crippen LogP contribution < -0.4 is 15.4 Å². The van der Waals surface area contributed by atoms with Crippen molar-refractivity contribution in [2.45, 2.75) is 26.7 Å². The molecule has 0 radical (unpaired) electrons. The van der Waals surface area contributed by atoms with E-state index < -0.39 is 0 Å². The van der Waals surface area contributed by atoms with Gasteiger partial charge in [0.15, 0.2) is 0 Å². The van der Waals surface area contributed by atoms with Crippen LogP contribution in [0.4, 0.5) is 17.3 Å². The lowest BCUT2D eigenvalue weighted by molar-refractivity contribution is 0.317. The van der Waals surface area contributed by atoms with Crippen LogP contribution >= 0.6 is 0 Å². The number of benzene rings is 1. The number of ether oxygens (including phenoxy) is 1. The molecule has 1 aromatic heterocycles. The van der Waals surface area contributed by atoms with E-state index in [1.807, 2.05) is 31.3 Å². The molecule has 0 aliphatic carbocycles. The van der Waals surface area contributed by atoms with Crippen molar-refractivity contribution in [2.24, 2.45) is 0 Å². The van der Waals surface area contributed by atoms with Gasteiger partial charge >= 0.3 is 0 Å². The topological polar surface area (TPSA) is 59.1 Å². The minimum atomic E-state index is 0.740. The van der Waals surface area contributed by atoms with Crippen molar-refractivity contribution < 1.29 is 4.74 Å². The van der Waals surface area contributed by atoms with E-state index in [4.69, 9.17) is 4.74 Å². The fourth-order valence-corrected chi connectivity index (χ4v) is 2.06. The van der Waals surface area contributed by atoms with Crippen LogP contribution in [0.1, 0.15) is 25.8 Å². The number of nitrogens with zero attached hydrogens (tertiary/aromatic N) is 2. The van der Waals surface area contributed by atoms with Crippen molar-refractivity contribution in [3.8, 4) is 5.75 Å². The second-order valence-electron chi connectivity index (χ2n) is 4.65. The Balaban J connectivity index is 2.14. The predicted molar refractivity (Wildman–Crippen MR) is 86.5 cm³/mol. The molecule has 0 atom stereocenters. The molecule has 2 rings (SSSR count). The Morgan fingerprint density at radius 1 is 1.05 bits per heavy atom. The zero-order valence-corrected chi connectivity index (χ0v) is 12.8. The molecule has 0 bridgehead atoms. The molecule has 2 N–H and O–H groups in total. The van der Waals surface area contributed by atoms with Gasteiger partial charge in [-0.15, -0.1) is 0 Å². The molecule has 0 aliphatic heterocycles. The fourth-order valence-electron chi connectivity index (χ4n) is 2.06. The maximum Gasteiger partial charge on any atom is 0.139 e. The molecule has 0 fully saturated rings. The first-order valence-corrected chi connectivity index (χ1v) is 7.30. The summed E-state index contributed by atoms with van der Waals surface area (Å²) in [6, 6.07) is 7.91. The van der Waals surface area contributed by atoms with Crippen molar-refractivity contribution in [3.05, 3.63) is 36.2 Å². The van der Waals surface area contributed by atoms with Crippen molar-refractivity contribution in [2.75, 3.05) is 24.3 Å². The second kappa shape index (κ2) is 7.47. The summed E-state index contributed by atoms with van der Waals surface area (Å²) in [5, 5.41) is 6.43. The molecule has 5 heteroatoms. The van der Waals surface area contributed by atoms with Gasteiger partial charge in [0.2, 0.25) is 0 Å². The van der Waals surface area contributed by atoms with Gasteiger partial charge in [-0.05, 0) is 37.1 Å². The van der Waals surface area contributed by atoms with Crippen LogP contribution in [-0.4, -0.2) is 23.6 Å². The molecule has 0 saturated carbocycles. The number of aromatic nitrogens is 2. The average Bonchev–Trinajstić information content (AvgIpc) is 2.54. The average molecular weight is 286 g/mol. The van der Waals surface area contributed by atoms with E-state index in [-0.39, 0.29) is 0 Å². The van der Waals surface area contributed by atoms with Gasteiger partial charge in [-0.25, -0.2) is 9.97 Å². The quantitative estimate of drug-likeness (QED) is 0.814. The van der Waals surface area contributed by atoms with E-state index in [0.717, 1.165) is 48.1 Å². The Morgan fingerprint density at radius 3 is 2.38 bits per heavy atom. The lowest BCUT2D eigenvalue weighted by atomic mass is 10.2. The first kappa shape index (κ1) is 15.1. The third kappa shape index (κ3) is 3.84. The Kier molecular flexibility index (Phi) is 5.37.